The third kappa shape index (κ3) is 2.71. The van der Waals surface area contributed by atoms with E-state index >= 15 is 0 Å². The zero-order valence-corrected chi connectivity index (χ0v) is 17.2. The molecule has 0 amide bonds. The van der Waals surface area contributed by atoms with Gasteiger partial charge in [0.05, 0.1) is 0 Å². The Labute approximate surface area is 166 Å². The van der Waals surface area contributed by atoms with Crippen LogP contribution in [-0.2, 0) is 0 Å². The number of allylic oxidation sites excluding steroid dienone is 1. The van der Waals surface area contributed by atoms with E-state index in [-0.39, 0.29) is 0 Å². The molecule has 0 bridgehead atoms. The topological polar surface area (TPSA) is 18.5 Å². The van der Waals surface area contributed by atoms with Crippen LogP contribution in [0.3, 0.4) is 0 Å². The summed E-state index contributed by atoms with van der Waals surface area (Å²) in [6.45, 7) is 8.28. The summed E-state index contributed by atoms with van der Waals surface area (Å²) in [7, 11) is -2.53. The summed E-state index contributed by atoms with van der Waals surface area (Å²) in [4.78, 5) is 0. The average Bonchev–Trinajstić information content (AvgIpc) is 2.80. The molecule has 4 aromatic rings. The van der Waals surface area contributed by atoms with E-state index < -0.39 is 8.56 Å². The Morgan fingerprint density at radius 3 is 1.68 bits per heavy atom. The van der Waals surface area contributed by atoms with Gasteiger partial charge in [-0.25, -0.2) is 0 Å². The Balaban J connectivity index is 1.91. The summed E-state index contributed by atoms with van der Waals surface area (Å²) in [6.07, 6.45) is 0. The molecule has 1 aliphatic rings. The molecule has 0 N–H and O–H groups in total. The molecule has 28 heavy (non-hydrogen) atoms. The van der Waals surface area contributed by atoms with Gasteiger partial charge in [0.1, 0.15) is 11.5 Å². The van der Waals surface area contributed by atoms with Crippen molar-refractivity contribution in [1.29, 1.82) is 0 Å². The molecule has 0 aromatic heterocycles. The first-order valence-corrected chi connectivity index (χ1v) is 12.1. The van der Waals surface area contributed by atoms with Crippen LogP contribution in [0.15, 0.2) is 84.9 Å². The predicted octanol–water partition coefficient (Wildman–Crippen LogP) is 7.08. The second-order valence-corrected chi connectivity index (χ2v) is 10.8. The van der Waals surface area contributed by atoms with Crippen molar-refractivity contribution in [2.24, 2.45) is 0 Å². The highest BCUT2D eigenvalue weighted by molar-refractivity contribution is 6.68. The summed E-state index contributed by atoms with van der Waals surface area (Å²) >= 11 is 0. The smallest absolute Gasteiger partial charge is 0.461 e. The van der Waals surface area contributed by atoms with Gasteiger partial charge in [0.2, 0.25) is 0 Å². The largest absolute Gasteiger partial charge is 0.511 e. The fourth-order valence-electron chi connectivity index (χ4n) is 4.30. The van der Waals surface area contributed by atoms with Crippen molar-refractivity contribution >= 4 is 30.1 Å². The summed E-state index contributed by atoms with van der Waals surface area (Å²) in [6, 6.07) is 26.2. The van der Waals surface area contributed by atoms with Crippen LogP contribution >= 0.6 is 0 Å². The average molecular weight is 383 g/mol. The molecule has 4 aromatic carbocycles. The van der Waals surface area contributed by atoms with Crippen LogP contribution < -0.4 is 8.85 Å². The highest BCUT2D eigenvalue weighted by atomic mass is 28.4. The molecule has 5 rings (SSSR count). The Morgan fingerprint density at radius 1 is 0.750 bits per heavy atom. The van der Waals surface area contributed by atoms with Crippen LogP contribution in [0.2, 0.25) is 12.6 Å². The van der Waals surface area contributed by atoms with E-state index in [1.807, 2.05) is 6.92 Å². The van der Waals surface area contributed by atoms with Crippen LogP contribution in [0, 0.1) is 0 Å². The van der Waals surface area contributed by atoms with Gasteiger partial charge < -0.3 is 8.85 Å². The molecule has 2 nitrogen and oxygen atoms in total. The fourth-order valence-corrected chi connectivity index (χ4v) is 6.85. The zero-order valence-electron chi connectivity index (χ0n) is 16.2. The van der Waals surface area contributed by atoms with E-state index in [9.17, 15) is 0 Å². The third-order valence-corrected chi connectivity index (χ3v) is 7.86. The molecule has 1 heterocycles. The zero-order chi connectivity index (χ0) is 19.3. The van der Waals surface area contributed by atoms with Crippen molar-refractivity contribution in [2.75, 3.05) is 0 Å². The van der Waals surface area contributed by atoms with Gasteiger partial charge in [-0.2, -0.15) is 0 Å². The lowest BCUT2D eigenvalue weighted by Crippen LogP contribution is -2.45. The van der Waals surface area contributed by atoms with E-state index in [2.05, 4.69) is 85.9 Å². The predicted molar refractivity (Wildman–Crippen MR) is 119 cm³/mol. The lowest BCUT2D eigenvalue weighted by Gasteiger charge is -2.27. The van der Waals surface area contributed by atoms with Crippen molar-refractivity contribution < 1.29 is 8.85 Å². The number of fused-ring (bicyclic) bond motifs is 7. The van der Waals surface area contributed by atoms with E-state index in [1.165, 1.54) is 21.5 Å². The SMILES string of the molecule is C=C(C)C[Si]1(C)Oc2ccc3ccccc3c2-c2c(ccc3ccccc23)O1. The van der Waals surface area contributed by atoms with Crippen LogP contribution in [0.5, 0.6) is 11.5 Å². The highest BCUT2D eigenvalue weighted by Gasteiger charge is 2.40. The molecule has 0 fully saturated rings. The highest BCUT2D eigenvalue weighted by Crippen LogP contribution is 2.49. The Morgan fingerprint density at radius 2 is 1.21 bits per heavy atom. The Hall–Kier alpha value is -3.04. The summed E-state index contributed by atoms with van der Waals surface area (Å²) < 4.78 is 13.3. The minimum absolute atomic E-state index is 0.755. The first-order chi connectivity index (χ1) is 13.5. The number of hydrogen-bond acceptors (Lipinski definition) is 2. The van der Waals surface area contributed by atoms with E-state index in [1.54, 1.807) is 0 Å². The van der Waals surface area contributed by atoms with Gasteiger partial charge in [-0.1, -0.05) is 66.2 Å². The van der Waals surface area contributed by atoms with Gasteiger partial charge in [0.15, 0.2) is 0 Å². The standard InChI is InChI=1S/C25H22O2Si/c1-17(2)16-28(3)26-22-14-12-18-8-4-6-10-20(18)24(22)25-21-11-7-5-9-19(21)13-15-23(25)27-28/h4-15H,1,16H2,2-3H3. The lowest BCUT2D eigenvalue weighted by atomic mass is 9.92. The van der Waals surface area contributed by atoms with Crippen molar-refractivity contribution in [2.45, 2.75) is 19.5 Å². The Kier molecular flexibility index (Phi) is 3.81. The molecule has 0 radical (unpaired) electrons. The maximum Gasteiger partial charge on any atom is 0.461 e. The number of benzene rings is 4. The van der Waals surface area contributed by atoms with Crippen molar-refractivity contribution in [1.82, 2.24) is 0 Å². The molecular formula is C25H22O2Si. The summed E-state index contributed by atoms with van der Waals surface area (Å²) in [5, 5.41) is 4.78. The van der Waals surface area contributed by atoms with Gasteiger partial charge in [-0.3, -0.25) is 0 Å². The molecule has 0 spiro atoms. The van der Waals surface area contributed by atoms with Crippen LogP contribution in [0.25, 0.3) is 32.7 Å². The molecule has 3 heteroatoms. The van der Waals surface area contributed by atoms with E-state index in [0.717, 1.165) is 34.2 Å². The molecule has 0 saturated heterocycles. The van der Waals surface area contributed by atoms with E-state index in [0.29, 0.717) is 0 Å². The third-order valence-electron chi connectivity index (χ3n) is 5.31. The maximum atomic E-state index is 6.65. The fraction of sp³-hybridized carbons (Fsp3) is 0.120. The van der Waals surface area contributed by atoms with Crippen LogP contribution in [0.4, 0.5) is 0 Å². The second-order valence-electron chi connectivity index (χ2n) is 7.79. The first kappa shape index (κ1) is 17.1. The van der Waals surface area contributed by atoms with Crippen LogP contribution in [-0.4, -0.2) is 8.56 Å². The van der Waals surface area contributed by atoms with Gasteiger partial charge in [0.25, 0.3) is 0 Å². The van der Waals surface area contributed by atoms with Gasteiger partial charge in [-0.15, -0.1) is 6.58 Å². The monoisotopic (exact) mass is 382 g/mol. The molecule has 0 saturated carbocycles. The summed E-state index contributed by atoms with van der Waals surface area (Å²) in [5.74, 6) is 1.81. The van der Waals surface area contributed by atoms with Gasteiger partial charge in [-0.05, 0) is 40.6 Å². The van der Waals surface area contributed by atoms with Crippen molar-refractivity contribution in [3.05, 3.63) is 84.9 Å². The van der Waals surface area contributed by atoms with Crippen molar-refractivity contribution in [3.8, 4) is 22.6 Å². The van der Waals surface area contributed by atoms with Crippen molar-refractivity contribution in [3.63, 3.8) is 0 Å². The number of rotatable bonds is 2. The second kappa shape index (κ2) is 6.25. The molecule has 1 aliphatic heterocycles. The molecule has 0 aliphatic carbocycles. The number of hydrogen-bond donors (Lipinski definition) is 0. The molecule has 0 unspecified atom stereocenters. The normalized spacial score (nSPS) is 14.5. The van der Waals surface area contributed by atoms with Crippen LogP contribution in [0.1, 0.15) is 6.92 Å². The maximum absolute atomic E-state index is 6.65. The Bertz CT molecular complexity index is 1150. The summed E-state index contributed by atoms with van der Waals surface area (Å²) in [5.41, 5.74) is 3.34. The minimum Gasteiger partial charge on any atom is -0.511 e. The molecule has 138 valence electrons. The first-order valence-electron chi connectivity index (χ1n) is 9.60. The van der Waals surface area contributed by atoms with E-state index in [4.69, 9.17) is 8.85 Å². The minimum atomic E-state index is -2.53. The van der Waals surface area contributed by atoms with Gasteiger partial charge >= 0.3 is 8.56 Å². The molecule has 0 atom stereocenters. The lowest BCUT2D eigenvalue weighted by molar-refractivity contribution is 0.400. The van der Waals surface area contributed by atoms with Gasteiger partial charge in [0, 0.05) is 23.7 Å². The molecular weight excluding hydrogens is 360 g/mol. The quantitative estimate of drug-likeness (QED) is 0.272.